The Morgan fingerprint density at radius 2 is 1.94 bits per heavy atom. The molecule has 0 amide bonds. The lowest BCUT2D eigenvalue weighted by molar-refractivity contribution is 0.149. The largest absolute Gasteiger partial charge is 0.149 e. The molecule has 1 aliphatic carbocycles. The number of alkyl halides is 1. The van der Waals surface area contributed by atoms with Gasteiger partial charge in [0, 0.05) is 9.70 Å². The van der Waals surface area contributed by atoms with Crippen LogP contribution in [0.2, 0.25) is 0 Å². The van der Waals surface area contributed by atoms with E-state index in [0.717, 1.165) is 11.8 Å². The summed E-state index contributed by atoms with van der Waals surface area (Å²) in [5, 5.41) is 2.19. The Kier molecular flexibility index (Phi) is 4.93. The maximum atomic E-state index is 3.94. The highest BCUT2D eigenvalue weighted by Crippen LogP contribution is 2.42. The van der Waals surface area contributed by atoms with E-state index >= 15 is 0 Å². The van der Waals surface area contributed by atoms with Crippen LogP contribution in [0.15, 0.2) is 17.5 Å². The normalized spacial score (nSPS) is 27.1. The van der Waals surface area contributed by atoms with Crippen LogP contribution in [-0.2, 0) is 6.42 Å². The molecule has 18 heavy (non-hydrogen) atoms. The first-order chi connectivity index (χ1) is 8.47. The third kappa shape index (κ3) is 3.84. The van der Waals surface area contributed by atoms with Gasteiger partial charge in [0.15, 0.2) is 0 Å². The molecule has 1 saturated carbocycles. The number of rotatable bonds is 3. The zero-order chi connectivity index (χ0) is 13.2. The fourth-order valence-electron chi connectivity index (χ4n) is 3.13. The topological polar surface area (TPSA) is 0 Å². The van der Waals surface area contributed by atoms with E-state index in [9.17, 15) is 0 Å². The molecule has 0 radical (unpaired) electrons. The van der Waals surface area contributed by atoms with E-state index in [1.165, 1.54) is 37.0 Å². The van der Waals surface area contributed by atoms with Gasteiger partial charge in [-0.2, -0.15) is 0 Å². The van der Waals surface area contributed by atoms with Gasteiger partial charge >= 0.3 is 0 Å². The summed E-state index contributed by atoms with van der Waals surface area (Å²) in [6, 6.07) is 4.43. The Hall–Kier alpha value is 0.180. The number of halogens is 1. The van der Waals surface area contributed by atoms with Crippen LogP contribution in [0.1, 0.15) is 51.3 Å². The Morgan fingerprint density at radius 1 is 1.28 bits per heavy atom. The second kappa shape index (κ2) is 6.09. The van der Waals surface area contributed by atoms with E-state index in [-0.39, 0.29) is 0 Å². The van der Waals surface area contributed by atoms with Crippen LogP contribution in [-0.4, -0.2) is 4.83 Å². The first kappa shape index (κ1) is 14.6. The lowest BCUT2D eigenvalue weighted by Crippen LogP contribution is -2.29. The van der Waals surface area contributed by atoms with Crippen molar-refractivity contribution in [3.05, 3.63) is 22.4 Å². The Labute approximate surface area is 124 Å². The molecule has 1 heterocycles. The van der Waals surface area contributed by atoms with Crippen LogP contribution in [0.3, 0.4) is 0 Å². The quantitative estimate of drug-likeness (QED) is 0.605. The van der Waals surface area contributed by atoms with Crippen molar-refractivity contribution in [3.8, 4) is 0 Å². The molecule has 1 unspecified atom stereocenters. The molecule has 0 spiro atoms. The minimum absolute atomic E-state index is 0.501. The highest BCUT2D eigenvalue weighted by Gasteiger charge is 2.32. The lowest BCUT2D eigenvalue weighted by Gasteiger charge is -2.38. The number of thiophene rings is 1. The van der Waals surface area contributed by atoms with Gasteiger partial charge in [0.05, 0.1) is 0 Å². The Morgan fingerprint density at radius 3 is 2.44 bits per heavy atom. The summed E-state index contributed by atoms with van der Waals surface area (Å²) >= 11 is 5.83. The SMILES string of the molecule is CC(C)(C)C1CCC(C(Br)Cc2cccs2)CC1. The van der Waals surface area contributed by atoms with Gasteiger partial charge in [0.25, 0.3) is 0 Å². The van der Waals surface area contributed by atoms with E-state index in [2.05, 4.69) is 54.2 Å². The molecule has 1 atom stereocenters. The fourth-order valence-corrected chi connectivity index (χ4v) is 4.99. The average molecular weight is 329 g/mol. The van der Waals surface area contributed by atoms with Crippen molar-refractivity contribution in [3.63, 3.8) is 0 Å². The van der Waals surface area contributed by atoms with Gasteiger partial charge < -0.3 is 0 Å². The zero-order valence-corrected chi connectivity index (χ0v) is 14.2. The molecule has 1 aliphatic rings. The molecule has 0 N–H and O–H groups in total. The summed E-state index contributed by atoms with van der Waals surface area (Å²) in [7, 11) is 0. The van der Waals surface area contributed by atoms with Gasteiger partial charge in [0.2, 0.25) is 0 Å². The Balaban J connectivity index is 1.82. The molecule has 0 bridgehead atoms. The van der Waals surface area contributed by atoms with Gasteiger partial charge in [-0.25, -0.2) is 0 Å². The van der Waals surface area contributed by atoms with E-state index < -0.39 is 0 Å². The van der Waals surface area contributed by atoms with Crippen LogP contribution in [0, 0.1) is 17.3 Å². The third-order valence-corrected chi connectivity index (χ3v) is 6.45. The highest BCUT2D eigenvalue weighted by atomic mass is 79.9. The minimum Gasteiger partial charge on any atom is -0.149 e. The van der Waals surface area contributed by atoms with E-state index in [1.54, 1.807) is 0 Å². The molecule has 0 aromatic carbocycles. The fraction of sp³-hybridized carbons (Fsp3) is 0.750. The first-order valence-corrected chi connectivity index (χ1v) is 8.93. The molecule has 2 rings (SSSR count). The summed E-state index contributed by atoms with van der Waals surface area (Å²) in [6.07, 6.45) is 6.86. The summed E-state index contributed by atoms with van der Waals surface area (Å²) in [5.74, 6) is 1.81. The van der Waals surface area contributed by atoms with Crippen molar-refractivity contribution in [2.75, 3.05) is 0 Å². The molecule has 0 saturated heterocycles. The third-order valence-electron chi connectivity index (χ3n) is 4.48. The highest BCUT2D eigenvalue weighted by molar-refractivity contribution is 9.09. The molecule has 1 fully saturated rings. The van der Waals surface area contributed by atoms with Crippen molar-refractivity contribution >= 4 is 27.3 Å². The van der Waals surface area contributed by atoms with Gasteiger partial charge in [-0.05, 0) is 60.8 Å². The molecule has 1 aromatic rings. The summed E-state index contributed by atoms with van der Waals surface area (Å²) < 4.78 is 0. The Bertz CT molecular complexity index is 342. The zero-order valence-electron chi connectivity index (χ0n) is 11.8. The number of hydrogen-bond donors (Lipinski definition) is 0. The predicted octanol–water partition coefficient (Wildman–Crippen LogP) is 5.91. The molecule has 2 heteroatoms. The molecular weight excluding hydrogens is 304 g/mol. The van der Waals surface area contributed by atoms with Gasteiger partial charge in [-0.3, -0.25) is 0 Å². The first-order valence-electron chi connectivity index (χ1n) is 7.13. The van der Waals surface area contributed by atoms with Crippen LogP contribution < -0.4 is 0 Å². The van der Waals surface area contributed by atoms with Crippen LogP contribution in [0.4, 0.5) is 0 Å². The summed E-state index contributed by atoms with van der Waals surface area (Å²) in [5.41, 5.74) is 0.501. The molecule has 102 valence electrons. The van der Waals surface area contributed by atoms with E-state index in [4.69, 9.17) is 0 Å². The van der Waals surface area contributed by atoms with Crippen molar-refractivity contribution < 1.29 is 0 Å². The van der Waals surface area contributed by atoms with Crippen LogP contribution in [0.5, 0.6) is 0 Å². The van der Waals surface area contributed by atoms with Gasteiger partial charge in [-0.1, -0.05) is 42.8 Å². The van der Waals surface area contributed by atoms with Crippen molar-refractivity contribution in [1.82, 2.24) is 0 Å². The van der Waals surface area contributed by atoms with Crippen molar-refractivity contribution in [1.29, 1.82) is 0 Å². The smallest absolute Gasteiger partial charge is 0.0222 e. The second-order valence-corrected chi connectivity index (χ2v) is 8.99. The average Bonchev–Trinajstić information content (AvgIpc) is 2.81. The molecule has 0 nitrogen and oxygen atoms in total. The van der Waals surface area contributed by atoms with Gasteiger partial charge in [-0.15, -0.1) is 11.3 Å². The molecule has 0 aliphatic heterocycles. The minimum atomic E-state index is 0.501. The second-order valence-electron chi connectivity index (χ2n) is 6.78. The standard InChI is InChI=1S/C16H25BrS/c1-16(2,3)13-8-6-12(7-9-13)15(17)11-14-5-4-10-18-14/h4-5,10,12-13,15H,6-9,11H2,1-3H3. The predicted molar refractivity (Wildman–Crippen MR) is 85.6 cm³/mol. The molecular formula is C16H25BrS. The van der Waals surface area contributed by atoms with Crippen LogP contribution >= 0.6 is 27.3 Å². The van der Waals surface area contributed by atoms with E-state index in [0.29, 0.717) is 10.2 Å². The van der Waals surface area contributed by atoms with Crippen LogP contribution in [0.25, 0.3) is 0 Å². The van der Waals surface area contributed by atoms with Gasteiger partial charge in [0.1, 0.15) is 0 Å². The maximum absolute atomic E-state index is 3.94. The van der Waals surface area contributed by atoms with E-state index in [1.807, 2.05) is 11.3 Å². The monoisotopic (exact) mass is 328 g/mol. The maximum Gasteiger partial charge on any atom is 0.0222 e. The summed E-state index contributed by atoms with van der Waals surface area (Å²) in [6.45, 7) is 7.19. The lowest BCUT2D eigenvalue weighted by atomic mass is 9.69. The van der Waals surface area contributed by atoms with Crippen molar-refractivity contribution in [2.45, 2.75) is 57.7 Å². The summed E-state index contributed by atoms with van der Waals surface area (Å²) in [4.78, 5) is 2.20. The number of hydrogen-bond acceptors (Lipinski definition) is 1. The molecule has 1 aromatic heterocycles. The van der Waals surface area contributed by atoms with Crippen molar-refractivity contribution in [2.24, 2.45) is 17.3 Å².